The third kappa shape index (κ3) is 9.30. The Labute approximate surface area is 79.7 Å². The maximum atomic E-state index is 11.1. The van der Waals surface area contributed by atoms with Gasteiger partial charge in [0.15, 0.2) is 0 Å². The third-order valence-corrected chi connectivity index (χ3v) is 1.50. The summed E-state index contributed by atoms with van der Waals surface area (Å²) < 4.78 is 0. The molecule has 0 aromatic rings. The molecule has 0 fully saturated rings. The summed E-state index contributed by atoms with van der Waals surface area (Å²) in [5, 5.41) is 14.2. The van der Waals surface area contributed by atoms with E-state index >= 15 is 0 Å². The summed E-state index contributed by atoms with van der Waals surface area (Å²) in [7, 11) is 0. The smallest absolute Gasteiger partial charge is 0.233 e. The van der Waals surface area contributed by atoms with Crippen LogP contribution in [0.4, 0.5) is 0 Å². The average molecular weight is 188 g/mol. The van der Waals surface area contributed by atoms with Gasteiger partial charge in [0.25, 0.3) is 0 Å². The van der Waals surface area contributed by atoms with Crippen LogP contribution in [0.2, 0.25) is 0 Å². The van der Waals surface area contributed by atoms with Gasteiger partial charge in [0.2, 0.25) is 5.91 Å². The topological polar surface area (TPSA) is 61.4 Å². The summed E-state index contributed by atoms with van der Waals surface area (Å²) in [6.07, 6.45) is 0.692. The van der Waals surface area contributed by atoms with Crippen molar-refractivity contribution in [2.75, 3.05) is 26.2 Å². The van der Waals surface area contributed by atoms with E-state index in [9.17, 15) is 4.79 Å². The van der Waals surface area contributed by atoms with Crippen LogP contribution in [0, 0.1) is 5.92 Å². The lowest BCUT2D eigenvalue weighted by molar-refractivity contribution is -0.120. The van der Waals surface area contributed by atoms with Crippen molar-refractivity contribution in [3.8, 4) is 0 Å². The van der Waals surface area contributed by atoms with Gasteiger partial charge in [-0.15, -0.1) is 0 Å². The molecule has 0 saturated carbocycles. The van der Waals surface area contributed by atoms with Crippen molar-refractivity contribution < 1.29 is 9.90 Å². The first-order valence-electron chi connectivity index (χ1n) is 4.75. The van der Waals surface area contributed by atoms with Gasteiger partial charge in [-0.1, -0.05) is 13.8 Å². The molecule has 0 atom stereocenters. The van der Waals surface area contributed by atoms with Crippen molar-refractivity contribution in [1.82, 2.24) is 10.6 Å². The molecule has 78 valence electrons. The van der Waals surface area contributed by atoms with Crippen LogP contribution in [0.1, 0.15) is 20.3 Å². The monoisotopic (exact) mass is 188 g/mol. The molecule has 0 spiro atoms. The van der Waals surface area contributed by atoms with Crippen molar-refractivity contribution in [2.45, 2.75) is 20.3 Å². The highest BCUT2D eigenvalue weighted by Gasteiger charge is 2.00. The van der Waals surface area contributed by atoms with Gasteiger partial charge < -0.3 is 15.7 Å². The predicted molar refractivity (Wildman–Crippen MR) is 52.4 cm³/mol. The van der Waals surface area contributed by atoms with Gasteiger partial charge in [-0.05, 0) is 18.9 Å². The fourth-order valence-corrected chi connectivity index (χ4v) is 0.786. The lowest BCUT2D eigenvalue weighted by atomic mass is 10.2. The quantitative estimate of drug-likeness (QED) is 0.482. The predicted octanol–water partition coefficient (Wildman–Crippen LogP) is -0.269. The van der Waals surface area contributed by atoms with Crippen molar-refractivity contribution >= 4 is 5.91 Å². The SMILES string of the molecule is CC(C)CNC(=O)CNCCCO. The van der Waals surface area contributed by atoms with E-state index in [-0.39, 0.29) is 12.5 Å². The van der Waals surface area contributed by atoms with Crippen LogP contribution in [0.3, 0.4) is 0 Å². The number of hydrogen-bond acceptors (Lipinski definition) is 3. The summed E-state index contributed by atoms with van der Waals surface area (Å²) >= 11 is 0. The van der Waals surface area contributed by atoms with Crippen molar-refractivity contribution in [3.63, 3.8) is 0 Å². The lowest BCUT2D eigenvalue weighted by Crippen LogP contribution is -2.36. The number of carbonyl (C=O) groups excluding carboxylic acids is 1. The number of carbonyl (C=O) groups is 1. The lowest BCUT2D eigenvalue weighted by Gasteiger charge is -2.07. The van der Waals surface area contributed by atoms with E-state index in [0.717, 1.165) is 6.54 Å². The van der Waals surface area contributed by atoms with E-state index in [1.54, 1.807) is 0 Å². The Balaban J connectivity index is 3.20. The number of aliphatic hydroxyl groups is 1. The van der Waals surface area contributed by atoms with Gasteiger partial charge in [-0.2, -0.15) is 0 Å². The second-order valence-corrected chi connectivity index (χ2v) is 3.45. The number of rotatable bonds is 7. The van der Waals surface area contributed by atoms with Crippen LogP contribution in [0.15, 0.2) is 0 Å². The molecule has 4 heteroatoms. The van der Waals surface area contributed by atoms with E-state index in [4.69, 9.17) is 5.11 Å². The molecule has 0 saturated heterocycles. The van der Waals surface area contributed by atoms with E-state index in [0.29, 0.717) is 25.4 Å². The summed E-state index contributed by atoms with van der Waals surface area (Å²) in [6, 6.07) is 0. The first-order valence-corrected chi connectivity index (χ1v) is 4.75. The minimum atomic E-state index is 0.0200. The minimum Gasteiger partial charge on any atom is -0.396 e. The summed E-state index contributed by atoms with van der Waals surface area (Å²) in [6.45, 7) is 6.03. The highest BCUT2D eigenvalue weighted by atomic mass is 16.3. The second-order valence-electron chi connectivity index (χ2n) is 3.45. The number of nitrogens with one attached hydrogen (secondary N) is 2. The first kappa shape index (κ1) is 12.4. The molecule has 0 aliphatic heterocycles. The standard InChI is InChI=1S/C9H20N2O2/c1-8(2)6-11-9(13)7-10-4-3-5-12/h8,10,12H,3-7H2,1-2H3,(H,11,13). The molecule has 1 amide bonds. The molecular formula is C9H20N2O2. The van der Waals surface area contributed by atoms with Crippen molar-refractivity contribution in [2.24, 2.45) is 5.92 Å². The van der Waals surface area contributed by atoms with Crippen LogP contribution < -0.4 is 10.6 Å². The minimum absolute atomic E-state index is 0.0200. The maximum Gasteiger partial charge on any atom is 0.233 e. The molecule has 0 unspecified atom stereocenters. The molecular weight excluding hydrogens is 168 g/mol. The Morgan fingerprint density at radius 3 is 2.69 bits per heavy atom. The normalized spacial score (nSPS) is 10.5. The molecule has 0 aromatic carbocycles. The fraction of sp³-hybridized carbons (Fsp3) is 0.889. The van der Waals surface area contributed by atoms with Crippen LogP contribution in [-0.2, 0) is 4.79 Å². The molecule has 0 rings (SSSR count). The molecule has 0 aliphatic carbocycles. The van der Waals surface area contributed by atoms with Gasteiger partial charge in [0, 0.05) is 13.2 Å². The Morgan fingerprint density at radius 2 is 2.15 bits per heavy atom. The molecule has 0 heterocycles. The van der Waals surface area contributed by atoms with E-state index in [2.05, 4.69) is 24.5 Å². The highest BCUT2D eigenvalue weighted by Crippen LogP contribution is 1.86. The van der Waals surface area contributed by atoms with Crippen LogP contribution in [0.5, 0.6) is 0 Å². The van der Waals surface area contributed by atoms with E-state index < -0.39 is 0 Å². The molecule has 3 N–H and O–H groups in total. The highest BCUT2D eigenvalue weighted by molar-refractivity contribution is 5.77. The molecule has 0 aromatic heterocycles. The van der Waals surface area contributed by atoms with Gasteiger partial charge >= 0.3 is 0 Å². The Kier molecular flexibility index (Phi) is 7.63. The zero-order chi connectivity index (χ0) is 10.1. The van der Waals surface area contributed by atoms with Gasteiger partial charge in [-0.3, -0.25) is 4.79 Å². The molecule has 0 bridgehead atoms. The van der Waals surface area contributed by atoms with Crippen molar-refractivity contribution in [1.29, 1.82) is 0 Å². The first-order chi connectivity index (χ1) is 6.16. The van der Waals surface area contributed by atoms with Crippen LogP contribution in [0.25, 0.3) is 0 Å². The number of aliphatic hydroxyl groups excluding tert-OH is 1. The summed E-state index contributed by atoms with van der Waals surface area (Å²) in [5.74, 6) is 0.507. The number of amides is 1. The molecule has 13 heavy (non-hydrogen) atoms. The van der Waals surface area contributed by atoms with Gasteiger partial charge in [-0.25, -0.2) is 0 Å². The van der Waals surface area contributed by atoms with Crippen LogP contribution >= 0.6 is 0 Å². The largest absolute Gasteiger partial charge is 0.396 e. The molecule has 0 radical (unpaired) electrons. The Bertz CT molecular complexity index is 138. The zero-order valence-electron chi connectivity index (χ0n) is 8.47. The number of hydrogen-bond donors (Lipinski definition) is 3. The summed E-state index contributed by atoms with van der Waals surface area (Å²) in [5.41, 5.74) is 0. The second kappa shape index (κ2) is 8.01. The molecule has 4 nitrogen and oxygen atoms in total. The van der Waals surface area contributed by atoms with Gasteiger partial charge in [0.1, 0.15) is 0 Å². The van der Waals surface area contributed by atoms with Crippen molar-refractivity contribution in [3.05, 3.63) is 0 Å². The van der Waals surface area contributed by atoms with Crippen LogP contribution in [-0.4, -0.2) is 37.3 Å². The fourth-order valence-electron chi connectivity index (χ4n) is 0.786. The third-order valence-electron chi connectivity index (χ3n) is 1.50. The zero-order valence-corrected chi connectivity index (χ0v) is 8.47. The van der Waals surface area contributed by atoms with Gasteiger partial charge in [0.05, 0.1) is 6.54 Å². The van der Waals surface area contributed by atoms with E-state index in [1.807, 2.05) is 0 Å². The Morgan fingerprint density at radius 1 is 1.46 bits per heavy atom. The van der Waals surface area contributed by atoms with E-state index in [1.165, 1.54) is 0 Å². The average Bonchev–Trinajstić information content (AvgIpc) is 2.09. The maximum absolute atomic E-state index is 11.1. The Hall–Kier alpha value is -0.610. The summed E-state index contributed by atoms with van der Waals surface area (Å²) in [4.78, 5) is 11.1. The molecule has 0 aliphatic rings.